The molecule has 0 atom stereocenters. The third kappa shape index (κ3) is 4.71. The first-order chi connectivity index (χ1) is 13.9. The molecular weight excluding hydrogens is 374 g/mol. The number of hydrogen-bond donors (Lipinski definition) is 1. The number of anilines is 2. The zero-order chi connectivity index (χ0) is 21.0. The van der Waals surface area contributed by atoms with Gasteiger partial charge in [-0.15, -0.1) is 0 Å². The van der Waals surface area contributed by atoms with Gasteiger partial charge in [0, 0.05) is 30.4 Å². The summed E-state index contributed by atoms with van der Waals surface area (Å²) in [6.07, 6.45) is 1.91. The van der Waals surface area contributed by atoms with Crippen molar-refractivity contribution in [1.82, 2.24) is 0 Å². The van der Waals surface area contributed by atoms with Gasteiger partial charge in [-0.3, -0.25) is 24.6 Å². The molecule has 0 bridgehead atoms. The summed E-state index contributed by atoms with van der Waals surface area (Å²) < 4.78 is 0. The van der Waals surface area contributed by atoms with Crippen molar-refractivity contribution < 1.29 is 19.6 Å². The van der Waals surface area contributed by atoms with Crippen molar-refractivity contribution in [2.75, 3.05) is 29.4 Å². The normalized spacial score (nSPS) is 14.4. The van der Waals surface area contributed by atoms with Gasteiger partial charge in [0.15, 0.2) is 0 Å². The van der Waals surface area contributed by atoms with Crippen molar-refractivity contribution in [2.45, 2.75) is 19.8 Å². The van der Waals surface area contributed by atoms with Gasteiger partial charge in [-0.25, -0.2) is 0 Å². The van der Waals surface area contributed by atoms with Gasteiger partial charge in [0.1, 0.15) is 12.2 Å². The molecule has 0 aromatic heterocycles. The first kappa shape index (κ1) is 20.3. The molecule has 1 fully saturated rings. The lowest BCUT2D eigenvalue weighted by molar-refractivity contribution is -0.384. The number of carbonyl (C=O) groups excluding carboxylic acids is 1. The Balaban J connectivity index is 1.94. The van der Waals surface area contributed by atoms with Gasteiger partial charge >= 0.3 is 5.97 Å². The smallest absolute Gasteiger partial charge is 0.323 e. The summed E-state index contributed by atoms with van der Waals surface area (Å²) >= 11 is 0. The lowest BCUT2D eigenvalue weighted by Gasteiger charge is -2.31. The molecular formula is C21H23N3O5. The molecule has 1 amide bonds. The maximum Gasteiger partial charge on any atom is 0.323 e. The molecule has 29 heavy (non-hydrogen) atoms. The summed E-state index contributed by atoms with van der Waals surface area (Å²) in [5.74, 6) is -1.18. The number of nitro benzene ring substituents is 1. The lowest BCUT2D eigenvalue weighted by Crippen LogP contribution is -2.36. The van der Waals surface area contributed by atoms with E-state index in [1.165, 1.54) is 12.1 Å². The summed E-state index contributed by atoms with van der Waals surface area (Å²) in [5.41, 5.74) is 0.837. The van der Waals surface area contributed by atoms with Crippen LogP contribution >= 0.6 is 0 Å². The zero-order valence-electron chi connectivity index (χ0n) is 16.2. The van der Waals surface area contributed by atoms with E-state index >= 15 is 0 Å². The van der Waals surface area contributed by atoms with Crippen LogP contribution in [0.3, 0.4) is 0 Å². The summed E-state index contributed by atoms with van der Waals surface area (Å²) in [5, 5.41) is 20.9. The number of hydrogen-bond acceptors (Lipinski definition) is 5. The molecule has 1 heterocycles. The summed E-state index contributed by atoms with van der Waals surface area (Å²) in [6.45, 7) is 3.07. The maximum atomic E-state index is 13.0. The highest BCUT2D eigenvalue weighted by Crippen LogP contribution is 2.33. The molecule has 8 heteroatoms. The van der Waals surface area contributed by atoms with Crippen LogP contribution in [0.15, 0.2) is 48.5 Å². The van der Waals surface area contributed by atoms with Gasteiger partial charge in [-0.05, 0) is 43.0 Å². The molecule has 1 N–H and O–H groups in total. The molecule has 1 aliphatic rings. The standard InChI is InChI=1S/C21H23N3O5/c1-15-9-11-22(12-10-15)18-8-7-16(13-19(18)24(28)29)21(27)23(14-20(25)26)17-5-3-2-4-6-17/h2-8,13,15H,9-12,14H2,1H3,(H,25,26). The van der Waals surface area contributed by atoms with E-state index in [2.05, 4.69) is 6.92 Å². The first-order valence-electron chi connectivity index (χ1n) is 9.49. The molecule has 0 saturated carbocycles. The fourth-order valence-corrected chi connectivity index (χ4v) is 3.50. The van der Waals surface area contributed by atoms with Gasteiger partial charge in [-0.2, -0.15) is 0 Å². The van der Waals surface area contributed by atoms with Gasteiger partial charge in [0.25, 0.3) is 11.6 Å². The van der Waals surface area contributed by atoms with E-state index in [9.17, 15) is 24.8 Å². The average molecular weight is 397 g/mol. The quantitative estimate of drug-likeness (QED) is 0.590. The minimum Gasteiger partial charge on any atom is -0.480 e. The molecule has 0 spiro atoms. The van der Waals surface area contributed by atoms with E-state index in [-0.39, 0.29) is 11.3 Å². The van der Waals surface area contributed by atoms with E-state index in [0.29, 0.717) is 17.3 Å². The van der Waals surface area contributed by atoms with Crippen LogP contribution in [0.1, 0.15) is 30.1 Å². The Morgan fingerprint density at radius 3 is 2.41 bits per heavy atom. The van der Waals surface area contributed by atoms with Crippen molar-refractivity contribution in [1.29, 1.82) is 0 Å². The van der Waals surface area contributed by atoms with Crippen LogP contribution in [0, 0.1) is 16.0 Å². The van der Waals surface area contributed by atoms with E-state index in [1.54, 1.807) is 36.4 Å². The number of benzene rings is 2. The fourth-order valence-electron chi connectivity index (χ4n) is 3.50. The van der Waals surface area contributed by atoms with Crippen LogP contribution in [-0.2, 0) is 4.79 Å². The minimum absolute atomic E-state index is 0.0796. The number of aliphatic carboxylic acids is 1. The number of carbonyl (C=O) groups is 2. The Bertz CT molecular complexity index is 908. The molecule has 2 aromatic rings. The largest absolute Gasteiger partial charge is 0.480 e. The van der Waals surface area contributed by atoms with Crippen LogP contribution in [0.2, 0.25) is 0 Å². The fraction of sp³-hybridized carbons (Fsp3) is 0.333. The van der Waals surface area contributed by atoms with Gasteiger partial charge < -0.3 is 10.0 Å². The van der Waals surface area contributed by atoms with Crippen molar-refractivity contribution in [3.05, 3.63) is 64.2 Å². The van der Waals surface area contributed by atoms with Crippen LogP contribution in [-0.4, -0.2) is 41.5 Å². The van der Waals surface area contributed by atoms with Gasteiger partial charge in [0.05, 0.1) is 4.92 Å². The van der Waals surface area contributed by atoms with E-state index in [1.807, 2.05) is 4.90 Å². The Morgan fingerprint density at radius 1 is 1.17 bits per heavy atom. The molecule has 152 valence electrons. The Morgan fingerprint density at radius 2 is 1.83 bits per heavy atom. The molecule has 0 unspecified atom stereocenters. The predicted octanol–water partition coefficient (Wildman–Crippen LogP) is 3.56. The number of carboxylic acid groups (broad SMARTS) is 1. The monoisotopic (exact) mass is 397 g/mol. The number of piperidine rings is 1. The number of nitrogens with zero attached hydrogens (tertiary/aromatic N) is 3. The van der Waals surface area contributed by atoms with Crippen LogP contribution < -0.4 is 9.80 Å². The highest BCUT2D eigenvalue weighted by Gasteiger charge is 2.27. The van der Waals surface area contributed by atoms with Crippen molar-refractivity contribution >= 4 is 28.9 Å². The van der Waals surface area contributed by atoms with E-state index < -0.39 is 23.3 Å². The Kier molecular flexibility index (Phi) is 6.11. The number of para-hydroxylation sites is 1. The van der Waals surface area contributed by atoms with E-state index in [4.69, 9.17) is 0 Å². The topological polar surface area (TPSA) is 104 Å². The zero-order valence-corrected chi connectivity index (χ0v) is 16.2. The molecule has 0 aliphatic carbocycles. The molecule has 8 nitrogen and oxygen atoms in total. The molecule has 1 aliphatic heterocycles. The lowest BCUT2D eigenvalue weighted by atomic mass is 9.98. The minimum atomic E-state index is -1.17. The second-order valence-corrected chi connectivity index (χ2v) is 7.25. The van der Waals surface area contributed by atoms with Crippen molar-refractivity contribution in [3.63, 3.8) is 0 Å². The summed E-state index contributed by atoms with van der Waals surface area (Å²) in [7, 11) is 0. The highest BCUT2D eigenvalue weighted by atomic mass is 16.6. The third-order valence-electron chi connectivity index (χ3n) is 5.15. The summed E-state index contributed by atoms with van der Waals surface area (Å²) in [4.78, 5) is 38.5. The molecule has 2 aromatic carbocycles. The molecule has 1 saturated heterocycles. The Hall–Kier alpha value is -3.42. The second-order valence-electron chi connectivity index (χ2n) is 7.25. The predicted molar refractivity (Wildman–Crippen MR) is 109 cm³/mol. The number of carboxylic acids is 1. The highest BCUT2D eigenvalue weighted by molar-refractivity contribution is 6.08. The third-order valence-corrected chi connectivity index (χ3v) is 5.15. The SMILES string of the molecule is CC1CCN(c2ccc(C(=O)N(CC(=O)O)c3ccccc3)cc2[N+](=O)[O-])CC1. The number of amides is 1. The van der Waals surface area contributed by atoms with E-state index in [0.717, 1.165) is 30.8 Å². The maximum absolute atomic E-state index is 13.0. The van der Waals surface area contributed by atoms with Crippen molar-refractivity contribution in [2.24, 2.45) is 5.92 Å². The van der Waals surface area contributed by atoms with Crippen LogP contribution in [0.4, 0.5) is 17.1 Å². The van der Waals surface area contributed by atoms with Crippen molar-refractivity contribution in [3.8, 4) is 0 Å². The summed E-state index contributed by atoms with van der Waals surface area (Å²) in [6, 6.07) is 12.8. The van der Waals surface area contributed by atoms with Crippen LogP contribution in [0.5, 0.6) is 0 Å². The van der Waals surface area contributed by atoms with Crippen LogP contribution in [0.25, 0.3) is 0 Å². The number of nitro groups is 1. The molecule has 0 radical (unpaired) electrons. The average Bonchev–Trinajstić information content (AvgIpc) is 2.72. The first-order valence-corrected chi connectivity index (χ1v) is 9.49. The number of rotatable bonds is 6. The second kappa shape index (κ2) is 8.72. The molecule has 3 rings (SSSR count). The van der Waals surface area contributed by atoms with Gasteiger partial charge in [0.2, 0.25) is 0 Å². The van der Waals surface area contributed by atoms with Gasteiger partial charge in [-0.1, -0.05) is 25.1 Å². The Labute approximate surface area is 168 Å².